The Morgan fingerprint density at radius 1 is 1.13 bits per heavy atom. The number of hydrogen-bond donors (Lipinski definition) is 0. The second-order valence-electron chi connectivity index (χ2n) is 13.1. The van der Waals surface area contributed by atoms with E-state index in [2.05, 4.69) is 59.4 Å². The lowest BCUT2D eigenvalue weighted by molar-refractivity contribution is -0.128. The predicted octanol–water partition coefficient (Wildman–Crippen LogP) is 4.16. The number of aryl methyl sites for hydroxylation is 1. The number of piperazine rings is 1. The first-order valence-electron chi connectivity index (χ1n) is 16.7. The number of likely N-dealkylation sites (tertiary alicyclic amines) is 1. The third-order valence-corrected chi connectivity index (χ3v) is 10.1. The van der Waals surface area contributed by atoms with Gasteiger partial charge in [-0.2, -0.15) is 15.2 Å². The minimum absolute atomic E-state index is 0.128. The summed E-state index contributed by atoms with van der Waals surface area (Å²) in [7, 11) is 1.73. The molecule has 3 aliphatic heterocycles. The van der Waals surface area contributed by atoms with Gasteiger partial charge in [-0.15, -0.1) is 0 Å². The largest absolute Gasteiger partial charge is 0.497 e. The molecule has 2 aromatic rings. The average Bonchev–Trinajstić information content (AvgIpc) is 3.55. The summed E-state index contributed by atoms with van der Waals surface area (Å²) in [6.45, 7) is 12.6. The molecule has 3 atom stereocenters. The molecule has 0 saturated carbocycles. The number of benzene rings is 1. The molecule has 240 valence electrons. The summed E-state index contributed by atoms with van der Waals surface area (Å²) in [5, 5.41) is 9.58. The van der Waals surface area contributed by atoms with Gasteiger partial charge in [0.15, 0.2) is 0 Å². The monoisotopic (exact) mass is 613 g/mol. The van der Waals surface area contributed by atoms with Crippen molar-refractivity contribution >= 4 is 17.4 Å². The van der Waals surface area contributed by atoms with E-state index < -0.39 is 0 Å². The summed E-state index contributed by atoms with van der Waals surface area (Å²) in [4.78, 5) is 31.9. The van der Waals surface area contributed by atoms with Gasteiger partial charge in [-0.3, -0.25) is 9.69 Å². The Hall–Kier alpha value is -3.84. The lowest BCUT2D eigenvalue weighted by atomic mass is 9.88. The van der Waals surface area contributed by atoms with Crippen LogP contribution in [0.2, 0.25) is 0 Å². The minimum atomic E-state index is -0.222. The van der Waals surface area contributed by atoms with E-state index in [0.717, 1.165) is 68.9 Å². The van der Waals surface area contributed by atoms with Gasteiger partial charge in [0, 0.05) is 62.0 Å². The first-order chi connectivity index (χ1) is 21.9. The summed E-state index contributed by atoms with van der Waals surface area (Å²) in [6.07, 6.45) is 8.80. The van der Waals surface area contributed by atoms with E-state index in [0.29, 0.717) is 50.4 Å². The summed E-state index contributed by atoms with van der Waals surface area (Å²) >= 11 is 0. The number of carbonyl (C=O) groups excluding carboxylic acids is 1. The number of methoxy groups -OCH3 is 1. The number of fused-ring (bicyclic) bond motifs is 2. The van der Waals surface area contributed by atoms with Crippen LogP contribution in [0.25, 0.3) is 0 Å². The van der Waals surface area contributed by atoms with Crippen LogP contribution in [0, 0.1) is 11.3 Å². The quantitative estimate of drug-likeness (QED) is 0.386. The first kappa shape index (κ1) is 31.2. The van der Waals surface area contributed by atoms with Gasteiger partial charge in [0.25, 0.3) is 0 Å². The zero-order valence-corrected chi connectivity index (χ0v) is 27.1. The number of nitriles is 1. The third-order valence-electron chi connectivity index (χ3n) is 10.1. The molecule has 6 rings (SSSR count). The maximum absolute atomic E-state index is 12.6. The van der Waals surface area contributed by atoms with Crippen LogP contribution in [-0.2, 0) is 24.1 Å². The van der Waals surface area contributed by atoms with Crippen LogP contribution in [-0.4, -0.2) is 96.3 Å². The van der Waals surface area contributed by atoms with Gasteiger partial charge in [0.05, 0.1) is 31.3 Å². The van der Waals surface area contributed by atoms with Crippen LogP contribution in [0.15, 0.2) is 30.9 Å². The van der Waals surface area contributed by atoms with E-state index in [9.17, 15) is 10.1 Å². The molecule has 0 radical (unpaired) electrons. The molecule has 1 aliphatic carbocycles. The molecule has 10 nitrogen and oxygen atoms in total. The first-order valence-corrected chi connectivity index (χ1v) is 16.7. The highest BCUT2D eigenvalue weighted by Crippen LogP contribution is 2.38. The van der Waals surface area contributed by atoms with Gasteiger partial charge in [0.2, 0.25) is 5.91 Å². The molecule has 2 saturated heterocycles. The Bertz CT molecular complexity index is 1440. The number of rotatable bonds is 9. The molecule has 1 aromatic carbocycles. The van der Waals surface area contributed by atoms with Gasteiger partial charge in [-0.05, 0) is 88.8 Å². The number of aromatic nitrogens is 2. The standard InChI is InChI=1S/C35H47N7O3/c1-5-33(43)42-19-18-39(22-27(42)14-15-36)34-30-12-10-26(41-17-6-8-25-20-29(44-4)11-13-32(25)41)21-31(30)37-35(38-34)45-23-28-9-7-16-40(28)24(2)3/h5,11,13,20,24,26-28H,1,6-10,12,14,16-19,21-23H2,2-4H3/t26?,27-,28-/m0/s1. The molecule has 10 heteroatoms. The van der Waals surface area contributed by atoms with E-state index >= 15 is 0 Å². The van der Waals surface area contributed by atoms with Gasteiger partial charge in [-0.25, -0.2) is 0 Å². The lowest BCUT2D eigenvalue weighted by Crippen LogP contribution is -2.55. The number of ether oxygens (including phenoxy) is 2. The Morgan fingerprint density at radius 3 is 2.78 bits per heavy atom. The molecule has 1 aromatic heterocycles. The number of hydrogen-bond acceptors (Lipinski definition) is 9. The second-order valence-corrected chi connectivity index (χ2v) is 13.1. The van der Waals surface area contributed by atoms with Crippen molar-refractivity contribution in [2.45, 2.75) is 89.4 Å². The third kappa shape index (κ3) is 6.46. The zero-order chi connectivity index (χ0) is 31.5. The van der Waals surface area contributed by atoms with Gasteiger partial charge in [-0.1, -0.05) is 6.58 Å². The molecule has 0 N–H and O–H groups in total. The molecule has 4 aliphatic rings. The molecule has 1 amide bonds. The molecule has 0 spiro atoms. The smallest absolute Gasteiger partial charge is 0.318 e. The van der Waals surface area contributed by atoms with Crippen LogP contribution in [0.4, 0.5) is 11.5 Å². The van der Waals surface area contributed by atoms with Crippen LogP contribution in [0.3, 0.4) is 0 Å². The maximum Gasteiger partial charge on any atom is 0.318 e. The Balaban J connectivity index is 1.29. The topological polar surface area (TPSA) is 98.1 Å². The van der Waals surface area contributed by atoms with Crippen molar-refractivity contribution in [2.24, 2.45) is 0 Å². The second kappa shape index (κ2) is 13.7. The van der Waals surface area contributed by atoms with Crippen molar-refractivity contribution in [1.82, 2.24) is 19.8 Å². The highest BCUT2D eigenvalue weighted by molar-refractivity contribution is 5.87. The number of anilines is 2. The molecule has 45 heavy (non-hydrogen) atoms. The summed E-state index contributed by atoms with van der Waals surface area (Å²) in [5.41, 5.74) is 4.88. The van der Waals surface area contributed by atoms with E-state index in [4.69, 9.17) is 19.4 Å². The van der Waals surface area contributed by atoms with Crippen molar-refractivity contribution in [2.75, 3.05) is 56.2 Å². The maximum atomic E-state index is 12.6. The van der Waals surface area contributed by atoms with Crippen LogP contribution in [0.1, 0.15) is 62.8 Å². The number of amides is 1. The minimum Gasteiger partial charge on any atom is -0.497 e. The molecular weight excluding hydrogens is 566 g/mol. The summed E-state index contributed by atoms with van der Waals surface area (Å²) < 4.78 is 12.0. The Morgan fingerprint density at radius 2 is 2.00 bits per heavy atom. The fourth-order valence-electron chi connectivity index (χ4n) is 7.88. The van der Waals surface area contributed by atoms with Crippen molar-refractivity contribution in [3.8, 4) is 17.8 Å². The fraction of sp³-hybridized carbons (Fsp3) is 0.600. The molecular formula is C35H47N7O3. The number of nitrogens with zero attached hydrogens (tertiary/aromatic N) is 7. The number of carbonyl (C=O) groups is 1. The van der Waals surface area contributed by atoms with E-state index in [-0.39, 0.29) is 18.4 Å². The van der Waals surface area contributed by atoms with Gasteiger partial charge < -0.3 is 24.2 Å². The van der Waals surface area contributed by atoms with Crippen LogP contribution in [0.5, 0.6) is 11.8 Å². The normalized spacial score (nSPS) is 23.4. The Labute approximate surface area is 267 Å². The van der Waals surface area contributed by atoms with E-state index in [1.165, 1.54) is 29.3 Å². The van der Waals surface area contributed by atoms with Crippen LogP contribution < -0.4 is 19.3 Å². The highest BCUT2D eigenvalue weighted by Gasteiger charge is 2.36. The lowest BCUT2D eigenvalue weighted by Gasteiger charge is -2.43. The van der Waals surface area contributed by atoms with Crippen molar-refractivity contribution in [3.63, 3.8) is 0 Å². The van der Waals surface area contributed by atoms with E-state index in [1.807, 2.05) is 0 Å². The van der Waals surface area contributed by atoms with Crippen molar-refractivity contribution in [3.05, 3.63) is 47.7 Å². The molecule has 2 fully saturated rings. The highest BCUT2D eigenvalue weighted by atomic mass is 16.5. The Kier molecular flexibility index (Phi) is 9.45. The van der Waals surface area contributed by atoms with Crippen LogP contribution >= 0.6 is 0 Å². The summed E-state index contributed by atoms with van der Waals surface area (Å²) in [6, 6.07) is 10.1. The predicted molar refractivity (Wildman–Crippen MR) is 175 cm³/mol. The fourth-order valence-corrected chi connectivity index (χ4v) is 7.88. The summed E-state index contributed by atoms with van der Waals surface area (Å²) in [5.74, 6) is 1.68. The van der Waals surface area contributed by atoms with E-state index in [1.54, 1.807) is 12.0 Å². The average molecular weight is 614 g/mol. The van der Waals surface area contributed by atoms with Crippen molar-refractivity contribution in [1.29, 1.82) is 5.26 Å². The molecule has 1 unspecified atom stereocenters. The SMILES string of the molecule is C=CC(=O)N1CCN(c2nc(OC[C@@H]3CCCN3C(C)C)nc3c2CCC(N2CCCc4cc(OC)ccc42)C3)C[C@@H]1CC#N. The zero-order valence-electron chi connectivity index (χ0n) is 27.1. The van der Waals surface area contributed by atoms with Gasteiger partial charge in [0.1, 0.15) is 18.2 Å². The molecule has 4 heterocycles. The van der Waals surface area contributed by atoms with Gasteiger partial charge >= 0.3 is 6.01 Å². The van der Waals surface area contributed by atoms with Crippen molar-refractivity contribution < 1.29 is 14.3 Å². The molecule has 0 bridgehead atoms.